The van der Waals surface area contributed by atoms with Crippen LogP contribution in [0.5, 0.6) is 0 Å². The smallest absolute Gasteiger partial charge is 0.258 e. The number of benzene rings is 1. The molecule has 1 aliphatic rings. The summed E-state index contributed by atoms with van der Waals surface area (Å²) in [7, 11) is 0. The van der Waals surface area contributed by atoms with Crippen molar-refractivity contribution in [2.75, 3.05) is 13.1 Å². The van der Waals surface area contributed by atoms with Crippen LogP contribution in [0.4, 0.5) is 4.39 Å². The largest absolute Gasteiger partial charge is 0.337 e. The highest BCUT2D eigenvalue weighted by Crippen LogP contribution is 2.22. The number of carbonyl (C=O) groups is 1. The van der Waals surface area contributed by atoms with Gasteiger partial charge in [-0.05, 0) is 34.5 Å². The van der Waals surface area contributed by atoms with E-state index in [-0.39, 0.29) is 17.5 Å². The van der Waals surface area contributed by atoms with E-state index in [0.717, 1.165) is 6.42 Å². The van der Waals surface area contributed by atoms with Crippen molar-refractivity contribution in [2.24, 2.45) is 5.73 Å². The zero-order chi connectivity index (χ0) is 11.7. The highest BCUT2D eigenvalue weighted by Gasteiger charge is 2.27. The SMILES string of the molecule is N[C@H]1CCN(C(=O)c2c(F)cccc2Br)C1. The quantitative estimate of drug-likeness (QED) is 0.855. The Balaban J connectivity index is 2.27. The summed E-state index contributed by atoms with van der Waals surface area (Å²) in [5, 5.41) is 0. The predicted octanol–water partition coefficient (Wildman–Crippen LogP) is 1.76. The van der Waals surface area contributed by atoms with Gasteiger partial charge in [0, 0.05) is 23.6 Å². The van der Waals surface area contributed by atoms with Gasteiger partial charge in [-0.15, -0.1) is 0 Å². The molecule has 1 aromatic carbocycles. The summed E-state index contributed by atoms with van der Waals surface area (Å²) in [6, 6.07) is 4.51. The topological polar surface area (TPSA) is 46.3 Å². The average molecular weight is 287 g/mol. The van der Waals surface area contributed by atoms with E-state index in [2.05, 4.69) is 15.9 Å². The molecule has 1 atom stereocenters. The van der Waals surface area contributed by atoms with Gasteiger partial charge in [0.1, 0.15) is 5.82 Å². The van der Waals surface area contributed by atoms with E-state index in [0.29, 0.717) is 17.6 Å². The number of rotatable bonds is 1. The standard InChI is InChI=1S/C11H12BrFN2O/c12-8-2-1-3-9(13)10(8)11(16)15-5-4-7(14)6-15/h1-3,7H,4-6,14H2/t7-/m0/s1. The predicted molar refractivity (Wildman–Crippen MR) is 62.6 cm³/mol. The van der Waals surface area contributed by atoms with E-state index in [1.807, 2.05) is 0 Å². The minimum absolute atomic E-state index is 0.00880. The molecule has 3 nitrogen and oxygen atoms in total. The van der Waals surface area contributed by atoms with E-state index in [1.54, 1.807) is 17.0 Å². The van der Waals surface area contributed by atoms with Gasteiger partial charge < -0.3 is 10.6 Å². The molecular formula is C11H12BrFN2O. The third-order valence-electron chi connectivity index (χ3n) is 2.69. The van der Waals surface area contributed by atoms with Gasteiger partial charge in [0.05, 0.1) is 5.56 Å². The molecule has 16 heavy (non-hydrogen) atoms. The molecule has 0 unspecified atom stereocenters. The van der Waals surface area contributed by atoms with Crippen LogP contribution in [0.1, 0.15) is 16.8 Å². The summed E-state index contributed by atoms with van der Waals surface area (Å²) in [6.45, 7) is 1.10. The molecule has 1 amide bonds. The van der Waals surface area contributed by atoms with Gasteiger partial charge >= 0.3 is 0 Å². The zero-order valence-electron chi connectivity index (χ0n) is 8.62. The van der Waals surface area contributed by atoms with E-state index in [9.17, 15) is 9.18 Å². The van der Waals surface area contributed by atoms with Crippen molar-refractivity contribution in [3.05, 3.63) is 34.1 Å². The fourth-order valence-corrected chi connectivity index (χ4v) is 2.34. The third-order valence-corrected chi connectivity index (χ3v) is 3.35. The molecule has 0 bridgehead atoms. The molecule has 86 valence electrons. The zero-order valence-corrected chi connectivity index (χ0v) is 10.2. The number of carbonyl (C=O) groups excluding carboxylic acids is 1. The number of hydrogen-bond acceptors (Lipinski definition) is 2. The number of halogens is 2. The molecule has 0 spiro atoms. The van der Waals surface area contributed by atoms with Crippen molar-refractivity contribution in [2.45, 2.75) is 12.5 Å². The van der Waals surface area contributed by atoms with Gasteiger partial charge in [0.25, 0.3) is 5.91 Å². The van der Waals surface area contributed by atoms with Gasteiger partial charge in [-0.3, -0.25) is 4.79 Å². The van der Waals surface area contributed by atoms with Crippen molar-refractivity contribution in [1.82, 2.24) is 4.90 Å². The first-order valence-corrected chi connectivity index (χ1v) is 5.87. The second-order valence-corrected chi connectivity index (χ2v) is 4.75. The Kier molecular flexibility index (Phi) is 3.25. The molecule has 1 aromatic rings. The van der Waals surface area contributed by atoms with Gasteiger partial charge in [-0.1, -0.05) is 6.07 Å². The molecule has 5 heteroatoms. The fourth-order valence-electron chi connectivity index (χ4n) is 1.83. The Hall–Kier alpha value is -0.940. The molecular weight excluding hydrogens is 275 g/mol. The lowest BCUT2D eigenvalue weighted by atomic mass is 10.2. The van der Waals surface area contributed by atoms with Crippen LogP contribution in [0.3, 0.4) is 0 Å². The van der Waals surface area contributed by atoms with Crippen molar-refractivity contribution < 1.29 is 9.18 Å². The molecule has 0 saturated carbocycles. The van der Waals surface area contributed by atoms with Crippen molar-refractivity contribution >= 4 is 21.8 Å². The van der Waals surface area contributed by atoms with Crippen LogP contribution >= 0.6 is 15.9 Å². The summed E-state index contributed by atoms with van der Waals surface area (Å²) in [4.78, 5) is 13.6. The molecule has 1 saturated heterocycles. The van der Waals surface area contributed by atoms with E-state index < -0.39 is 5.82 Å². The molecule has 1 fully saturated rings. The number of likely N-dealkylation sites (tertiary alicyclic amines) is 1. The minimum Gasteiger partial charge on any atom is -0.337 e. The van der Waals surface area contributed by atoms with E-state index in [4.69, 9.17) is 5.73 Å². The van der Waals surface area contributed by atoms with E-state index >= 15 is 0 Å². The first kappa shape index (κ1) is 11.5. The van der Waals surface area contributed by atoms with Crippen LogP contribution < -0.4 is 5.73 Å². The van der Waals surface area contributed by atoms with E-state index in [1.165, 1.54) is 6.07 Å². The Bertz CT molecular complexity index is 404. The molecule has 0 radical (unpaired) electrons. The lowest BCUT2D eigenvalue weighted by Crippen LogP contribution is -2.32. The molecule has 0 aromatic heterocycles. The van der Waals surface area contributed by atoms with Crippen molar-refractivity contribution in [1.29, 1.82) is 0 Å². The minimum atomic E-state index is -0.500. The van der Waals surface area contributed by atoms with Crippen molar-refractivity contribution in [3.8, 4) is 0 Å². The number of amides is 1. The van der Waals surface area contributed by atoms with Crippen LogP contribution in [0.25, 0.3) is 0 Å². The summed E-state index contributed by atoms with van der Waals surface area (Å²) in [5.41, 5.74) is 5.81. The first-order chi connectivity index (χ1) is 7.59. The van der Waals surface area contributed by atoms with Gasteiger partial charge in [0.2, 0.25) is 0 Å². The maximum atomic E-state index is 13.5. The molecule has 0 aliphatic carbocycles. The highest BCUT2D eigenvalue weighted by atomic mass is 79.9. The summed E-state index contributed by atoms with van der Waals surface area (Å²) < 4.78 is 14.0. The van der Waals surface area contributed by atoms with Gasteiger partial charge in [0.15, 0.2) is 0 Å². The maximum absolute atomic E-state index is 13.5. The van der Waals surface area contributed by atoms with Gasteiger partial charge in [-0.25, -0.2) is 4.39 Å². The second kappa shape index (κ2) is 4.51. The Labute approximate surface area is 102 Å². The lowest BCUT2D eigenvalue weighted by Gasteiger charge is -2.16. The number of hydrogen-bond donors (Lipinski definition) is 1. The molecule has 2 rings (SSSR count). The first-order valence-electron chi connectivity index (χ1n) is 5.08. The van der Waals surface area contributed by atoms with Crippen LogP contribution in [0.15, 0.2) is 22.7 Å². The molecule has 1 heterocycles. The van der Waals surface area contributed by atoms with Crippen LogP contribution in [-0.4, -0.2) is 29.9 Å². The van der Waals surface area contributed by atoms with Crippen LogP contribution in [-0.2, 0) is 0 Å². The van der Waals surface area contributed by atoms with Crippen LogP contribution in [0.2, 0.25) is 0 Å². The number of nitrogens with zero attached hydrogens (tertiary/aromatic N) is 1. The Morgan fingerprint density at radius 3 is 2.88 bits per heavy atom. The Morgan fingerprint density at radius 1 is 1.56 bits per heavy atom. The summed E-state index contributed by atoms with van der Waals surface area (Å²) in [5.74, 6) is -0.794. The normalized spacial score (nSPS) is 20.2. The molecule has 2 N–H and O–H groups in total. The maximum Gasteiger partial charge on any atom is 0.258 e. The second-order valence-electron chi connectivity index (χ2n) is 3.90. The lowest BCUT2D eigenvalue weighted by molar-refractivity contribution is 0.0785. The third kappa shape index (κ3) is 2.10. The summed E-state index contributed by atoms with van der Waals surface area (Å²) in [6.07, 6.45) is 0.776. The van der Waals surface area contributed by atoms with Gasteiger partial charge in [-0.2, -0.15) is 0 Å². The average Bonchev–Trinajstić information content (AvgIpc) is 2.64. The fraction of sp³-hybridized carbons (Fsp3) is 0.364. The highest BCUT2D eigenvalue weighted by molar-refractivity contribution is 9.10. The van der Waals surface area contributed by atoms with Crippen molar-refractivity contribution in [3.63, 3.8) is 0 Å². The summed E-state index contributed by atoms with van der Waals surface area (Å²) >= 11 is 3.19. The van der Waals surface area contributed by atoms with Crippen LogP contribution in [0, 0.1) is 5.82 Å². The Morgan fingerprint density at radius 2 is 2.31 bits per heavy atom. The monoisotopic (exact) mass is 286 g/mol. The number of nitrogens with two attached hydrogens (primary N) is 1. The molecule has 1 aliphatic heterocycles.